The summed E-state index contributed by atoms with van der Waals surface area (Å²) < 4.78 is 5.17. The molecule has 0 bridgehead atoms. The van der Waals surface area contributed by atoms with Gasteiger partial charge in [0.15, 0.2) is 5.78 Å². The van der Waals surface area contributed by atoms with Gasteiger partial charge >= 0.3 is 6.09 Å². The zero-order valence-electron chi connectivity index (χ0n) is 15.3. The Hall–Kier alpha value is -3.41. The van der Waals surface area contributed by atoms with Gasteiger partial charge in [-0.05, 0) is 42.2 Å². The van der Waals surface area contributed by atoms with Gasteiger partial charge in [-0.3, -0.25) is 14.5 Å². The first-order chi connectivity index (χ1) is 13.5. The number of amides is 2. The van der Waals surface area contributed by atoms with E-state index in [1.54, 1.807) is 12.1 Å². The number of hydrogen-bond acceptors (Lipinski definition) is 4. The third-order valence-electron chi connectivity index (χ3n) is 5.10. The number of ether oxygens (including phenoxy) is 1. The summed E-state index contributed by atoms with van der Waals surface area (Å²) in [6.07, 6.45) is 2.93. The smallest absolute Gasteiger partial charge is 0.415 e. The lowest BCUT2D eigenvalue weighted by atomic mass is 10.1. The fraction of sp³-hybridized carbons (Fsp3) is 0.227. The maximum absolute atomic E-state index is 12.5. The molecule has 2 fully saturated rings. The first-order valence-corrected chi connectivity index (χ1v) is 9.17. The molecule has 3 aliphatic rings. The van der Waals surface area contributed by atoms with E-state index in [1.165, 1.54) is 4.90 Å². The topological polar surface area (TPSA) is 89.7 Å². The molecule has 0 radical (unpaired) electrons. The molecule has 6 nitrogen and oxygen atoms in total. The van der Waals surface area contributed by atoms with Crippen LogP contribution in [0, 0.1) is 5.92 Å². The van der Waals surface area contributed by atoms with Crippen LogP contribution < -0.4 is 10.6 Å². The quantitative estimate of drug-likeness (QED) is 0.710. The van der Waals surface area contributed by atoms with Crippen LogP contribution in [0.25, 0.3) is 11.1 Å². The van der Waals surface area contributed by atoms with Crippen molar-refractivity contribution in [1.29, 1.82) is 0 Å². The first-order valence-electron chi connectivity index (χ1n) is 9.17. The molecule has 1 saturated heterocycles. The van der Waals surface area contributed by atoms with Gasteiger partial charge in [0.05, 0.1) is 6.54 Å². The Bertz CT molecular complexity index is 994. The van der Waals surface area contributed by atoms with E-state index in [2.05, 4.69) is 6.58 Å². The second kappa shape index (κ2) is 6.96. The van der Waals surface area contributed by atoms with Gasteiger partial charge in [0.1, 0.15) is 6.10 Å². The summed E-state index contributed by atoms with van der Waals surface area (Å²) in [5, 5.41) is 0. The number of ketones is 1. The lowest BCUT2D eigenvalue weighted by molar-refractivity contribution is -0.119. The average molecular weight is 376 g/mol. The second-order valence-electron chi connectivity index (χ2n) is 7.05. The number of cyclic esters (lactones) is 1. The Morgan fingerprint density at radius 1 is 1.07 bits per heavy atom. The number of carbonyl (C=O) groups excluding carboxylic acids is 3. The Morgan fingerprint density at radius 3 is 2.32 bits per heavy atom. The van der Waals surface area contributed by atoms with Crippen molar-refractivity contribution in [2.45, 2.75) is 18.9 Å². The normalized spacial score (nSPS) is 19.3. The Kier molecular flexibility index (Phi) is 4.47. The summed E-state index contributed by atoms with van der Waals surface area (Å²) in [5.74, 6) is 0.111. The molecule has 2 N–H and O–H groups in total. The Balaban J connectivity index is 0.000000275. The summed E-state index contributed by atoms with van der Waals surface area (Å²) >= 11 is 0. The molecular weight excluding hydrogens is 356 g/mol. The SMILES string of the molecule is C=CC1CN(c2ccc3c(c2)C(=O)c2ccccc2-3)C(=O)O1.NC(=O)C1CC1. The van der Waals surface area contributed by atoms with E-state index in [4.69, 9.17) is 10.5 Å². The number of hydrogen-bond donors (Lipinski definition) is 1. The molecule has 2 aliphatic carbocycles. The van der Waals surface area contributed by atoms with Crippen LogP contribution in [0.1, 0.15) is 28.8 Å². The predicted molar refractivity (Wildman–Crippen MR) is 105 cm³/mol. The number of rotatable bonds is 3. The summed E-state index contributed by atoms with van der Waals surface area (Å²) in [6.45, 7) is 4.06. The molecule has 5 rings (SSSR count). The minimum atomic E-state index is -0.409. The van der Waals surface area contributed by atoms with Crippen molar-refractivity contribution >= 4 is 23.5 Å². The molecule has 2 aromatic rings. The Labute approximate surface area is 162 Å². The fourth-order valence-electron chi connectivity index (χ4n) is 3.37. The maximum atomic E-state index is 12.5. The van der Waals surface area contributed by atoms with E-state index in [-0.39, 0.29) is 23.7 Å². The lowest BCUT2D eigenvalue weighted by Gasteiger charge is -2.13. The van der Waals surface area contributed by atoms with Gasteiger partial charge in [-0.15, -0.1) is 0 Å². The molecule has 2 amide bonds. The third-order valence-corrected chi connectivity index (χ3v) is 5.10. The highest BCUT2D eigenvalue weighted by Gasteiger charge is 2.33. The number of primary amides is 1. The van der Waals surface area contributed by atoms with Gasteiger partial charge in [-0.2, -0.15) is 0 Å². The molecule has 1 saturated carbocycles. The van der Waals surface area contributed by atoms with Crippen molar-refractivity contribution in [3.05, 3.63) is 66.2 Å². The number of nitrogens with zero attached hydrogens (tertiary/aromatic N) is 1. The summed E-state index contributed by atoms with van der Waals surface area (Å²) in [5.41, 5.74) is 8.74. The number of nitrogens with two attached hydrogens (primary N) is 1. The lowest BCUT2D eigenvalue weighted by Crippen LogP contribution is -2.24. The van der Waals surface area contributed by atoms with E-state index >= 15 is 0 Å². The van der Waals surface area contributed by atoms with Gasteiger partial charge in [-0.25, -0.2) is 4.79 Å². The maximum Gasteiger partial charge on any atom is 0.415 e. The van der Waals surface area contributed by atoms with E-state index in [0.717, 1.165) is 24.0 Å². The van der Waals surface area contributed by atoms with E-state index in [0.29, 0.717) is 23.4 Å². The molecule has 0 aromatic heterocycles. The standard InChI is InChI=1S/C18H13NO3.C4H7NO/c1-2-12-10-19(18(21)22-12)11-7-8-14-13-5-3-4-6-15(13)17(20)16(14)9-11;5-4(6)3-1-2-3/h2-9,12H,1,10H2;3H,1-2H2,(H2,5,6). The van der Waals surface area contributed by atoms with Crippen LogP contribution in [-0.2, 0) is 9.53 Å². The van der Waals surface area contributed by atoms with Crippen LogP contribution in [0.2, 0.25) is 0 Å². The molecular formula is C22H20N2O4. The number of anilines is 1. The fourth-order valence-corrected chi connectivity index (χ4v) is 3.37. The summed E-state index contributed by atoms with van der Waals surface area (Å²) in [7, 11) is 0. The number of carbonyl (C=O) groups is 3. The molecule has 2 aromatic carbocycles. The van der Waals surface area contributed by atoms with E-state index in [9.17, 15) is 14.4 Å². The monoisotopic (exact) mass is 376 g/mol. The highest BCUT2D eigenvalue weighted by atomic mass is 16.6. The highest BCUT2D eigenvalue weighted by Crippen LogP contribution is 2.38. The minimum absolute atomic E-state index is 0.000264. The van der Waals surface area contributed by atoms with Crippen molar-refractivity contribution in [1.82, 2.24) is 0 Å². The van der Waals surface area contributed by atoms with Crippen LogP contribution in [0.4, 0.5) is 10.5 Å². The number of benzene rings is 2. The average Bonchev–Trinajstić information content (AvgIpc) is 3.45. The van der Waals surface area contributed by atoms with Crippen LogP contribution in [0.3, 0.4) is 0 Å². The molecule has 0 spiro atoms. The molecule has 1 unspecified atom stereocenters. The van der Waals surface area contributed by atoms with Crippen molar-refractivity contribution in [3.8, 4) is 11.1 Å². The molecule has 1 heterocycles. The summed E-state index contributed by atoms with van der Waals surface area (Å²) in [6, 6.07) is 13.1. The van der Waals surface area contributed by atoms with Gasteiger partial charge in [0.25, 0.3) is 0 Å². The predicted octanol–water partition coefficient (Wildman–Crippen LogP) is 3.29. The first kappa shape index (κ1) is 18.0. The van der Waals surface area contributed by atoms with Gasteiger partial charge in [0, 0.05) is 22.7 Å². The van der Waals surface area contributed by atoms with Crippen LogP contribution >= 0.6 is 0 Å². The highest BCUT2D eigenvalue weighted by molar-refractivity contribution is 6.22. The van der Waals surface area contributed by atoms with E-state index in [1.807, 2.05) is 36.4 Å². The van der Waals surface area contributed by atoms with Gasteiger partial charge in [0.2, 0.25) is 5.91 Å². The van der Waals surface area contributed by atoms with Crippen molar-refractivity contribution in [2.24, 2.45) is 11.7 Å². The molecule has 1 aliphatic heterocycles. The van der Waals surface area contributed by atoms with Crippen LogP contribution in [-0.4, -0.2) is 30.4 Å². The molecule has 142 valence electrons. The zero-order valence-corrected chi connectivity index (χ0v) is 15.3. The van der Waals surface area contributed by atoms with Crippen molar-refractivity contribution < 1.29 is 19.1 Å². The molecule has 28 heavy (non-hydrogen) atoms. The van der Waals surface area contributed by atoms with Crippen LogP contribution in [0.15, 0.2) is 55.1 Å². The minimum Gasteiger partial charge on any atom is -0.440 e. The second-order valence-corrected chi connectivity index (χ2v) is 7.05. The Morgan fingerprint density at radius 2 is 1.75 bits per heavy atom. The zero-order chi connectivity index (χ0) is 19.8. The molecule has 6 heteroatoms. The van der Waals surface area contributed by atoms with Crippen LogP contribution in [0.5, 0.6) is 0 Å². The van der Waals surface area contributed by atoms with Gasteiger partial charge in [-0.1, -0.05) is 36.9 Å². The van der Waals surface area contributed by atoms with Crippen molar-refractivity contribution in [3.63, 3.8) is 0 Å². The number of fused-ring (bicyclic) bond motifs is 3. The largest absolute Gasteiger partial charge is 0.440 e. The molecule has 1 atom stereocenters. The van der Waals surface area contributed by atoms with E-state index < -0.39 is 6.09 Å². The third kappa shape index (κ3) is 3.17. The van der Waals surface area contributed by atoms with Crippen molar-refractivity contribution in [2.75, 3.05) is 11.4 Å². The summed E-state index contributed by atoms with van der Waals surface area (Å²) in [4.78, 5) is 35.9. The van der Waals surface area contributed by atoms with Gasteiger partial charge < -0.3 is 10.5 Å².